The van der Waals surface area contributed by atoms with Gasteiger partial charge in [0.1, 0.15) is 11.5 Å². The normalized spacial score (nSPS) is 15.9. The number of carbonyl (C=O) groups excluding carboxylic acids is 2. The number of amides is 2. The number of nitrogens with one attached hydrogen (secondary N) is 1. The summed E-state index contributed by atoms with van der Waals surface area (Å²) in [6.45, 7) is 0.146. The first-order valence-corrected chi connectivity index (χ1v) is 7.57. The van der Waals surface area contributed by atoms with Gasteiger partial charge in [0.15, 0.2) is 6.10 Å². The van der Waals surface area contributed by atoms with E-state index in [0.717, 1.165) is 0 Å². The van der Waals surface area contributed by atoms with Crippen LogP contribution >= 0.6 is 0 Å². The van der Waals surface area contributed by atoms with Crippen LogP contribution in [-0.4, -0.2) is 38.6 Å². The highest BCUT2D eigenvalue weighted by Crippen LogP contribution is 2.34. The smallest absolute Gasteiger partial charge is 0.262 e. The van der Waals surface area contributed by atoms with Gasteiger partial charge in [-0.15, -0.1) is 0 Å². The van der Waals surface area contributed by atoms with Crippen molar-refractivity contribution in [2.45, 2.75) is 6.10 Å². The van der Waals surface area contributed by atoms with E-state index in [1.54, 1.807) is 61.5 Å². The lowest BCUT2D eigenvalue weighted by Crippen LogP contribution is -2.50. The summed E-state index contributed by atoms with van der Waals surface area (Å²) in [5, 5.41) is 2.56. The molecule has 2 aromatic carbocycles. The van der Waals surface area contributed by atoms with Crippen LogP contribution in [0.5, 0.6) is 11.5 Å². The summed E-state index contributed by atoms with van der Waals surface area (Å²) in [6, 6.07) is 14.1. The summed E-state index contributed by atoms with van der Waals surface area (Å²) in [7, 11) is 3.09. The number of nitrogens with zero attached hydrogens (tertiary/aromatic N) is 1. The Morgan fingerprint density at radius 2 is 2.00 bits per heavy atom. The third kappa shape index (κ3) is 2.90. The maximum atomic E-state index is 13.0. The molecule has 0 saturated carbocycles. The zero-order chi connectivity index (χ0) is 17.1. The molecule has 1 N–H and O–H groups in total. The van der Waals surface area contributed by atoms with Crippen LogP contribution in [0.25, 0.3) is 0 Å². The van der Waals surface area contributed by atoms with Gasteiger partial charge in [-0.3, -0.25) is 9.59 Å². The van der Waals surface area contributed by atoms with E-state index in [2.05, 4.69) is 5.32 Å². The molecule has 1 aliphatic rings. The molecule has 2 aromatic rings. The molecule has 0 aromatic heterocycles. The molecule has 6 nitrogen and oxygen atoms in total. The Labute approximate surface area is 140 Å². The first-order chi connectivity index (χ1) is 11.6. The van der Waals surface area contributed by atoms with Crippen LogP contribution in [0.4, 0.5) is 5.69 Å². The standard InChI is InChI=1S/C18H18N2O4/c1-19-17(21)16-11-20(14-8-3-4-9-15(14)24-16)18(22)12-6-5-7-13(10-12)23-2/h3-10,16H,11H2,1-2H3,(H,19,21). The minimum Gasteiger partial charge on any atom is -0.497 e. The van der Waals surface area contributed by atoms with Gasteiger partial charge >= 0.3 is 0 Å². The van der Waals surface area contributed by atoms with E-state index in [4.69, 9.17) is 9.47 Å². The van der Waals surface area contributed by atoms with Crippen LogP contribution in [0.15, 0.2) is 48.5 Å². The molecule has 1 aliphatic heterocycles. The second kappa shape index (κ2) is 6.62. The maximum absolute atomic E-state index is 13.0. The van der Waals surface area contributed by atoms with Crippen molar-refractivity contribution in [3.63, 3.8) is 0 Å². The van der Waals surface area contributed by atoms with E-state index in [9.17, 15) is 9.59 Å². The van der Waals surface area contributed by atoms with Crippen LogP contribution in [0.3, 0.4) is 0 Å². The van der Waals surface area contributed by atoms with E-state index in [1.807, 2.05) is 6.07 Å². The van der Waals surface area contributed by atoms with Crippen LogP contribution < -0.4 is 19.7 Å². The molecule has 0 radical (unpaired) electrons. The number of hydrogen-bond donors (Lipinski definition) is 1. The quantitative estimate of drug-likeness (QED) is 0.935. The van der Waals surface area contributed by atoms with Crippen molar-refractivity contribution in [3.8, 4) is 11.5 Å². The minimum atomic E-state index is -0.751. The Hall–Kier alpha value is -3.02. The molecule has 1 unspecified atom stereocenters. The number of rotatable bonds is 3. The minimum absolute atomic E-state index is 0.146. The lowest BCUT2D eigenvalue weighted by Gasteiger charge is -2.34. The SMILES string of the molecule is CNC(=O)C1CN(C(=O)c2cccc(OC)c2)c2ccccc2O1. The van der Waals surface area contributed by atoms with Crippen molar-refractivity contribution in [2.24, 2.45) is 0 Å². The average Bonchev–Trinajstić information content (AvgIpc) is 2.65. The van der Waals surface area contributed by atoms with Crippen molar-refractivity contribution in [3.05, 3.63) is 54.1 Å². The van der Waals surface area contributed by atoms with Gasteiger partial charge in [-0.05, 0) is 30.3 Å². The summed E-state index contributed by atoms with van der Waals surface area (Å²) < 4.78 is 10.9. The summed E-state index contributed by atoms with van der Waals surface area (Å²) in [5.74, 6) is 0.630. The first-order valence-electron chi connectivity index (χ1n) is 7.57. The van der Waals surface area contributed by atoms with Crippen LogP contribution in [-0.2, 0) is 4.79 Å². The van der Waals surface area contributed by atoms with Gasteiger partial charge in [0.05, 0.1) is 19.3 Å². The van der Waals surface area contributed by atoms with Crippen molar-refractivity contribution in [1.29, 1.82) is 0 Å². The molecule has 0 fully saturated rings. The zero-order valence-corrected chi connectivity index (χ0v) is 13.5. The highest BCUT2D eigenvalue weighted by atomic mass is 16.5. The molecular formula is C18H18N2O4. The Kier molecular flexibility index (Phi) is 4.37. The molecular weight excluding hydrogens is 308 g/mol. The molecule has 6 heteroatoms. The molecule has 0 aliphatic carbocycles. The van der Waals surface area contributed by atoms with E-state index < -0.39 is 6.10 Å². The van der Waals surface area contributed by atoms with Gasteiger partial charge in [-0.2, -0.15) is 0 Å². The van der Waals surface area contributed by atoms with Gasteiger partial charge in [0, 0.05) is 12.6 Å². The number of hydrogen-bond acceptors (Lipinski definition) is 4. The van der Waals surface area contributed by atoms with Gasteiger partial charge in [0.2, 0.25) is 0 Å². The molecule has 2 amide bonds. The Bertz CT molecular complexity index is 775. The molecule has 124 valence electrons. The summed E-state index contributed by atoms with van der Waals surface area (Å²) in [4.78, 5) is 26.5. The summed E-state index contributed by atoms with van der Waals surface area (Å²) in [6.07, 6.45) is -0.751. The summed E-state index contributed by atoms with van der Waals surface area (Å²) >= 11 is 0. The van der Waals surface area contributed by atoms with Gasteiger partial charge < -0.3 is 19.7 Å². The Morgan fingerprint density at radius 3 is 2.75 bits per heavy atom. The van der Waals surface area contributed by atoms with Crippen molar-refractivity contribution >= 4 is 17.5 Å². The zero-order valence-electron chi connectivity index (χ0n) is 13.5. The van der Waals surface area contributed by atoms with Gasteiger partial charge in [0.25, 0.3) is 11.8 Å². The molecule has 1 atom stereocenters. The fourth-order valence-electron chi connectivity index (χ4n) is 2.64. The number of ether oxygens (including phenoxy) is 2. The van der Waals surface area contributed by atoms with Crippen LogP contribution in [0.1, 0.15) is 10.4 Å². The molecule has 1 heterocycles. The topological polar surface area (TPSA) is 67.9 Å². The van der Waals surface area contributed by atoms with Gasteiger partial charge in [-0.25, -0.2) is 0 Å². The van der Waals surface area contributed by atoms with Crippen LogP contribution in [0, 0.1) is 0 Å². The number of fused-ring (bicyclic) bond motifs is 1. The van der Waals surface area contributed by atoms with Crippen molar-refractivity contribution < 1.29 is 19.1 Å². The first kappa shape index (κ1) is 15.9. The lowest BCUT2D eigenvalue weighted by atomic mass is 10.1. The number of methoxy groups -OCH3 is 1. The number of anilines is 1. The molecule has 0 saturated heterocycles. The highest BCUT2D eigenvalue weighted by molar-refractivity contribution is 6.08. The second-order valence-corrected chi connectivity index (χ2v) is 5.34. The van der Waals surface area contributed by atoms with E-state index in [-0.39, 0.29) is 18.4 Å². The number of likely N-dealkylation sites (N-methyl/N-ethyl adjacent to an activating group) is 1. The van der Waals surface area contributed by atoms with Crippen LogP contribution in [0.2, 0.25) is 0 Å². The second-order valence-electron chi connectivity index (χ2n) is 5.34. The lowest BCUT2D eigenvalue weighted by molar-refractivity contribution is -0.127. The molecule has 0 bridgehead atoms. The van der Waals surface area contributed by atoms with E-state index >= 15 is 0 Å². The van der Waals surface area contributed by atoms with E-state index in [1.165, 1.54) is 0 Å². The Morgan fingerprint density at radius 1 is 1.21 bits per heavy atom. The number of carbonyl (C=O) groups is 2. The summed E-state index contributed by atoms with van der Waals surface area (Å²) in [5.41, 5.74) is 1.13. The molecule has 0 spiro atoms. The number of benzene rings is 2. The molecule has 3 rings (SSSR count). The molecule has 24 heavy (non-hydrogen) atoms. The van der Waals surface area contributed by atoms with Crippen molar-refractivity contribution in [1.82, 2.24) is 5.32 Å². The van der Waals surface area contributed by atoms with Gasteiger partial charge in [-0.1, -0.05) is 18.2 Å². The maximum Gasteiger partial charge on any atom is 0.262 e. The predicted molar refractivity (Wildman–Crippen MR) is 89.6 cm³/mol. The van der Waals surface area contributed by atoms with Crippen molar-refractivity contribution in [2.75, 3.05) is 25.6 Å². The third-order valence-electron chi connectivity index (χ3n) is 3.87. The van der Waals surface area contributed by atoms with E-state index in [0.29, 0.717) is 22.7 Å². The number of para-hydroxylation sites is 2. The fraction of sp³-hybridized carbons (Fsp3) is 0.222. The average molecular weight is 326 g/mol. The predicted octanol–water partition coefficient (Wildman–Crippen LogP) is 1.85. The Balaban J connectivity index is 1.98. The fourth-order valence-corrected chi connectivity index (χ4v) is 2.64. The monoisotopic (exact) mass is 326 g/mol. The highest BCUT2D eigenvalue weighted by Gasteiger charge is 2.33. The largest absolute Gasteiger partial charge is 0.497 e. The third-order valence-corrected chi connectivity index (χ3v) is 3.87.